The molecule has 2 aromatic rings. The zero-order valence-electron chi connectivity index (χ0n) is 20.3. The number of urea groups is 1. The number of hydrogen-bond donors (Lipinski definition) is 2. The highest BCUT2D eigenvalue weighted by molar-refractivity contribution is 5.97. The fourth-order valence-corrected chi connectivity index (χ4v) is 7.33. The van der Waals surface area contributed by atoms with E-state index in [1.165, 1.54) is 0 Å². The van der Waals surface area contributed by atoms with Crippen LogP contribution >= 0.6 is 0 Å². The van der Waals surface area contributed by atoms with Crippen molar-refractivity contribution < 1.29 is 14.3 Å². The summed E-state index contributed by atoms with van der Waals surface area (Å²) in [5.41, 5.74) is 2.85. The summed E-state index contributed by atoms with van der Waals surface area (Å²) in [6, 6.07) is 18.1. The van der Waals surface area contributed by atoms with Crippen molar-refractivity contribution in [2.75, 3.05) is 29.9 Å². The lowest BCUT2D eigenvalue weighted by Crippen LogP contribution is -2.67. The maximum Gasteiger partial charge on any atom is 0.407 e. The third-order valence-corrected chi connectivity index (χ3v) is 8.63. The van der Waals surface area contributed by atoms with Crippen molar-refractivity contribution in [3.8, 4) is 0 Å². The molecule has 0 spiro atoms. The van der Waals surface area contributed by atoms with Gasteiger partial charge < -0.3 is 20.3 Å². The topological polar surface area (TPSA) is 73.9 Å². The van der Waals surface area contributed by atoms with Gasteiger partial charge in [-0.3, -0.25) is 4.90 Å². The third kappa shape index (κ3) is 4.21. The van der Waals surface area contributed by atoms with E-state index in [0.717, 1.165) is 55.6 Å². The van der Waals surface area contributed by atoms with Gasteiger partial charge in [0, 0.05) is 31.7 Å². The summed E-state index contributed by atoms with van der Waals surface area (Å²) in [6.07, 6.45) is 4.76. The van der Waals surface area contributed by atoms with E-state index in [1.54, 1.807) is 0 Å². The van der Waals surface area contributed by atoms with E-state index < -0.39 is 0 Å². The molecule has 2 unspecified atom stereocenters. The van der Waals surface area contributed by atoms with Crippen molar-refractivity contribution in [3.05, 3.63) is 60.2 Å². The second kappa shape index (κ2) is 8.77. The summed E-state index contributed by atoms with van der Waals surface area (Å²) >= 11 is 0. The molecule has 4 bridgehead atoms. The van der Waals surface area contributed by atoms with Gasteiger partial charge in [-0.1, -0.05) is 42.5 Å². The minimum atomic E-state index is -0.328. The monoisotopic (exact) mass is 474 g/mol. The van der Waals surface area contributed by atoms with Gasteiger partial charge in [-0.2, -0.15) is 0 Å². The molecule has 5 aliphatic rings. The van der Waals surface area contributed by atoms with Crippen LogP contribution in [0.1, 0.15) is 37.7 Å². The highest BCUT2D eigenvalue weighted by Crippen LogP contribution is 2.55. The zero-order valence-corrected chi connectivity index (χ0v) is 20.3. The summed E-state index contributed by atoms with van der Waals surface area (Å²) in [7, 11) is 2.07. The molecule has 35 heavy (non-hydrogen) atoms. The number of nitrogens with one attached hydrogen (secondary N) is 2. The normalized spacial score (nSPS) is 30.5. The van der Waals surface area contributed by atoms with Crippen LogP contribution in [0.3, 0.4) is 0 Å². The number of amides is 3. The van der Waals surface area contributed by atoms with E-state index in [0.29, 0.717) is 24.3 Å². The smallest absolute Gasteiger partial charge is 0.407 e. The number of anilines is 2. The van der Waals surface area contributed by atoms with Gasteiger partial charge in [0.25, 0.3) is 0 Å². The van der Waals surface area contributed by atoms with E-state index in [9.17, 15) is 9.59 Å². The molecule has 184 valence electrons. The van der Waals surface area contributed by atoms with Crippen molar-refractivity contribution in [3.63, 3.8) is 0 Å². The molecule has 2 aromatic carbocycles. The molecule has 7 nitrogen and oxygen atoms in total. The summed E-state index contributed by atoms with van der Waals surface area (Å²) in [6.45, 7) is 1.79. The Morgan fingerprint density at radius 1 is 0.943 bits per heavy atom. The molecule has 0 aromatic heterocycles. The number of rotatable bonds is 4. The van der Waals surface area contributed by atoms with Gasteiger partial charge in [0.05, 0.1) is 11.4 Å². The SMILES string of the molecule is CN1CCN(C(=O)NC2C3CC4CC2CC(NC(=O)OCc2ccccc2)(C4)C3)c2ccccc21. The number of para-hydroxylation sites is 2. The highest BCUT2D eigenvalue weighted by atomic mass is 16.5. The van der Waals surface area contributed by atoms with Gasteiger partial charge in [-0.05, 0) is 67.6 Å². The number of fused-ring (bicyclic) bond motifs is 1. The molecule has 2 N–H and O–H groups in total. The molecule has 4 saturated carbocycles. The predicted octanol–water partition coefficient (Wildman–Crippen LogP) is 4.53. The van der Waals surface area contributed by atoms with Gasteiger partial charge in [-0.25, -0.2) is 9.59 Å². The first-order valence-corrected chi connectivity index (χ1v) is 12.9. The standard InChI is InChI=1S/C28H34N4O3/c1-31-11-12-32(24-10-6-5-9-23(24)31)26(33)29-25-21-13-20-14-22(25)17-28(15-20,16-21)30-27(34)35-18-19-7-3-2-4-8-19/h2-10,20-22,25H,11-18H2,1H3,(H,29,33)(H,30,34). The molecular formula is C28H34N4O3. The van der Waals surface area contributed by atoms with Crippen molar-refractivity contribution in [1.29, 1.82) is 0 Å². The first-order chi connectivity index (χ1) is 17.0. The van der Waals surface area contributed by atoms with E-state index in [-0.39, 0.29) is 30.3 Å². The van der Waals surface area contributed by atoms with Crippen LogP contribution in [-0.4, -0.2) is 43.8 Å². The molecule has 4 fully saturated rings. The second-order valence-electron chi connectivity index (χ2n) is 11.0. The molecule has 1 heterocycles. The maximum atomic E-state index is 13.4. The largest absolute Gasteiger partial charge is 0.445 e. The van der Waals surface area contributed by atoms with Crippen LogP contribution in [0.15, 0.2) is 54.6 Å². The van der Waals surface area contributed by atoms with Gasteiger partial charge in [0.15, 0.2) is 0 Å². The van der Waals surface area contributed by atoms with Crippen molar-refractivity contribution in [1.82, 2.24) is 10.6 Å². The average molecular weight is 475 g/mol. The number of carbonyl (C=O) groups excluding carboxylic acids is 2. The Morgan fingerprint density at radius 3 is 2.37 bits per heavy atom. The summed E-state index contributed by atoms with van der Waals surface area (Å²) in [5.74, 6) is 1.39. The fourth-order valence-electron chi connectivity index (χ4n) is 7.33. The number of likely N-dealkylation sites (N-methyl/N-ethyl adjacent to an activating group) is 1. The van der Waals surface area contributed by atoms with Crippen molar-refractivity contribution >= 4 is 23.5 Å². The van der Waals surface area contributed by atoms with Gasteiger partial charge in [0.1, 0.15) is 6.61 Å². The predicted molar refractivity (Wildman–Crippen MR) is 135 cm³/mol. The molecule has 1 aliphatic heterocycles. The lowest BCUT2D eigenvalue weighted by atomic mass is 9.51. The fraction of sp³-hybridized carbons (Fsp3) is 0.500. The van der Waals surface area contributed by atoms with Gasteiger partial charge in [-0.15, -0.1) is 0 Å². The molecule has 7 heteroatoms. The third-order valence-electron chi connectivity index (χ3n) is 8.63. The van der Waals surface area contributed by atoms with Crippen LogP contribution < -0.4 is 20.4 Å². The van der Waals surface area contributed by atoms with E-state index >= 15 is 0 Å². The first-order valence-electron chi connectivity index (χ1n) is 12.9. The Morgan fingerprint density at radius 2 is 1.63 bits per heavy atom. The minimum absolute atomic E-state index is 0.00676. The number of benzene rings is 2. The van der Waals surface area contributed by atoms with Crippen molar-refractivity contribution in [2.24, 2.45) is 17.8 Å². The van der Waals surface area contributed by atoms with Crippen LogP contribution in [0.25, 0.3) is 0 Å². The maximum absolute atomic E-state index is 13.4. The number of carbonyl (C=O) groups is 2. The number of alkyl carbamates (subject to hydrolysis) is 1. The van der Waals surface area contributed by atoms with Crippen molar-refractivity contribution in [2.45, 2.75) is 50.3 Å². The zero-order chi connectivity index (χ0) is 24.0. The minimum Gasteiger partial charge on any atom is -0.445 e. The van der Waals surface area contributed by atoms with E-state index in [2.05, 4.69) is 28.6 Å². The number of nitrogens with zero attached hydrogens (tertiary/aromatic N) is 2. The Hall–Kier alpha value is -3.22. The first kappa shape index (κ1) is 22.3. The Labute approximate surface area is 206 Å². The summed E-state index contributed by atoms with van der Waals surface area (Å²) in [5, 5.41) is 6.69. The average Bonchev–Trinajstić information content (AvgIpc) is 2.85. The van der Waals surface area contributed by atoms with Crippen LogP contribution in [0.4, 0.5) is 21.0 Å². The quantitative estimate of drug-likeness (QED) is 0.683. The molecule has 7 rings (SSSR count). The highest BCUT2D eigenvalue weighted by Gasteiger charge is 2.56. The molecule has 0 radical (unpaired) electrons. The lowest BCUT2D eigenvalue weighted by Gasteiger charge is -2.60. The molecule has 2 atom stereocenters. The summed E-state index contributed by atoms with van der Waals surface area (Å²) < 4.78 is 5.55. The van der Waals surface area contributed by atoms with Crippen LogP contribution in [0.2, 0.25) is 0 Å². The molecule has 0 saturated heterocycles. The summed E-state index contributed by atoms with van der Waals surface area (Å²) in [4.78, 5) is 30.2. The molecule has 4 aliphatic carbocycles. The van der Waals surface area contributed by atoms with Crippen LogP contribution in [-0.2, 0) is 11.3 Å². The lowest BCUT2D eigenvalue weighted by molar-refractivity contribution is -0.0419. The second-order valence-corrected chi connectivity index (χ2v) is 11.0. The van der Waals surface area contributed by atoms with Crippen LogP contribution in [0, 0.1) is 17.8 Å². The Kier molecular flexibility index (Phi) is 5.58. The van der Waals surface area contributed by atoms with Gasteiger partial charge in [0.2, 0.25) is 0 Å². The number of hydrogen-bond acceptors (Lipinski definition) is 4. The van der Waals surface area contributed by atoms with E-state index in [4.69, 9.17) is 4.74 Å². The molecular weight excluding hydrogens is 440 g/mol. The van der Waals surface area contributed by atoms with E-state index in [1.807, 2.05) is 53.4 Å². The Balaban J connectivity index is 1.11. The van der Waals surface area contributed by atoms with Crippen LogP contribution in [0.5, 0.6) is 0 Å². The Bertz CT molecular complexity index is 1090. The molecule has 3 amide bonds. The van der Waals surface area contributed by atoms with Gasteiger partial charge >= 0.3 is 12.1 Å². The number of ether oxygens (including phenoxy) is 1.